The zero-order valence-corrected chi connectivity index (χ0v) is 12.8. The van der Waals surface area contributed by atoms with Gasteiger partial charge in [-0.15, -0.1) is 0 Å². The molecule has 0 bridgehead atoms. The van der Waals surface area contributed by atoms with Crippen molar-refractivity contribution in [3.8, 4) is 0 Å². The van der Waals surface area contributed by atoms with E-state index in [9.17, 15) is 0 Å². The molecule has 0 spiro atoms. The summed E-state index contributed by atoms with van der Waals surface area (Å²) in [6, 6.07) is 16.5. The fourth-order valence-corrected chi connectivity index (χ4v) is 2.60. The highest BCUT2D eigenvalue weighted by Crippen LogP contribution is 2.18. The number of aromatic nitrogens is 2. The van der Waals surface area contributed by atoms with Crippen LogP contribution in [0.4, 0.5) is 0 Å². The van der Waals surface area contributed by atoms with Gasteiger partial charge in [-0.2, -0.15) is 0 Å². The van der Waals surface area contributed by atoms with Crippen LogP contribution in [0.1, 0.15) is 24.4 Å². The summed E-state index contributed by atoms with van der Waals surface area (Å²) in [6.45, 7) is 2.92. The Labute approximate surface area is 126 Å². The van der Waals surface area contributed by atoms with Crippen molar-refractivity contribution in [3.05, 3.63) is 64.4 Å². The number of nitrogens with one attached hydrogen (secondary N) is 2. The third-order valence-electron chi connectivity index (χ3n) is 3.37. The summed E-state index contributed by atoms with van der Waals surface area (Å²) < 4.78 is 1.13. The van der Waals surface area contributed by atoms with Crippen molar-refractivity contribution in [3.63, 3.8) is 0 Å². The lowest BCUT2D eigenvalue weighted by Crippen LogP contribution is -2.19. The summed E-state index contributed by atoms with van der Waals surface area (Å²) in [5, 5.41) is 3.49. The van der Waals surface area contributed by atoms with Crippen LogP contribution in [0.15, 0.2) is 53.0 Å². The Morgan fingerprint density at radius 1 is 1.15 bits per heavy atom. The lowest BCUT2D eigenvalue weighted by molar-refractivity contribution is 0.551. The van der Waals surface area contributed by atoms with Gasteiger partial charge >= 0.3 is 0 Å². The molecule has 3 rings (SSSR count). The normalized spacial score (nSPS) is 12.7. The number of nitrogens with zero attached hydrogens (tertiary/aromatic N) is 1. The fourth-order valence-electron chi connectivity index (χ4n) is 2.18. The third-order valence-corrected chi connectivity index (χ3v) is 4.15. The monoisotopic (exact) mass is 329 g/mol. The molecule has 1 unspecified atom stereocenters. The van der Waals surface area contributed by atoms with Gasteiger partial charge in [0.05, 0.1) is 17.1 Å². The maximum atomic E-state index is 4.62. The second-order valence-corrected chi connectivity index (χ2v) is 5.69. The van der Waals surface area contributed by atoms with Crippen molar-refractivity contribution in [2.75, 3.05) is 0 Å². The predicted octanol–water partition coefficient (Wildman–Crippen LogP) is 4.18. The molecule has 1 heterocycles. The molecule has 1 atom stereocenters. The molecule has 2 N–H and O–H groups in total. The van der Waals surface area contributed by atoms with Gasteiger partial charge in [-0.3, -0.25) is 0 Å². The van der Waals surface area contributed by atoms with Crippen LogP contribution in [0.3, 0.4) is 0 Å². The number of hydrogen-bond acceptors (Lipinski definition) is 2. The van der Waals surface area contributed by atoms with Gasteiger partial charge in [0.25, 0.3) is 0 Å². The van der Waals surface area contributed by atoms with E-state index >= 15 is 0 Å². The number of imidazole rings is 1. The molecule has 1 aromatic heterocycles. The van der Waals surface area contributed by atoms with Crippen molar-refractivity contribution < 1.29 is 0 Å². The first-order chi connectivity index (χ1) is 9.74. The Hall–Kier alpha value is -1.65. The van der Waals surface area contributed by atoms with Crippen molar-refractivity contribution in [1.29, 1.82) is 0 Å². The van der Waals surface area contributed by atoms with E-state index in [1.807, 2.05) is 36.4 Å². The third kappa shape index (κ3) is 2.76. The average molecular weight is 330 g/mol. The maximum Gasteiger partial charge on any atom is 0.124 e. The minimum Gasteiger partial charge on any atom is -0.341 e. The molecule has 3 aromatic rings. The summed E-state index contributed by atoms with van der Waals surface area (Å²) in [5.41, 5.74) is 3.34. The lowest BCUT2D eigenvalue weighted by atomic mass is 10.2. The number of rotatable bonds is 4. The highest BCUT2D eigenvalue weighted by Gasteiger charge is 2.10. The van der Waals surface area contributed by atoms with Crippen LogP contribution in [-0.2, 0) is 6.54 Å². The SMILES string of the molecule is CC(NCc1ccccc1Br)c1nc2ccccc2[nH]1. The van der Waals surface area contributed by atoms with Crippen LogP contribution >= 0.6 is 15.9 Å². The van der Waals surface area contributed by atoms with Crippen molar-refractivity contribution in [1.82, 2.24) is 15.3 Å². The minimum atomic E-state index is 0.175. The average Bonchev–Trinajstić information content (AvgIpc) is 2.90. The smallest absolute Gasteiger partial charge is 0.124 e. The van der Waals surface area contributed by atoms with Gasteiger partial charge in [0, 0.05) is 11.0 Å². The number of hydrogen-bond donors (Lipinski definition) is 2. The molecule has 0 saturated carbocycles. The van der Waals surface area contributed by atoms with E-state index in [0.29, 0.717) is 0 Å². The molecule has 20 heavy (non-hydrogen) atoms. The largest absolute Gasteiger partial charge is 0.341 e. The zero-order chi connectivity index (χ0) is 13.9. The van der Waals surface area contributed by atoms with Gasteiger partial charge < -0.3 is 10.3 Å². The molecule has 0 saturated heterocycles. The molecule has 0 aliphatic rings. The van der Waals surface area contributed by atoms with Crippen molar-refractivity contribution in [2.45, 2.75) is 19.5 Å². The topological polar surface area (TPSA) is 40.7 Å². The molecule has 0 fully saturated rings. The van der Waals surface area contributed by atoms with Crippen LogP contribution < -0.4 is 5.32 Å². The van der Waals surface area contributed by atoms with Crippen LogP contribution in [0.2, 0.25) is 0 Å². The zero-order valence-electron chi connectivity index (χ0n) is 11.2. The Balaban J connectivity index is 1.73. The molecule has 0 aliphatic carbocycles. The number of H-pyrrole nitrogens is 1. The lowest BCUT2D eigenvalue weighted by Gasteiger charge is -2.12. The summed E-state index contributed by atoms with van der Waals surface area (Å²) >= 11 is 3.57. The highest BCUT2D eigenvalue weighted by atomic mass is 79.9. The van der Waals surface area contributed by atoms with Gasteiger partial charge in [0.2, 0.25) is 0 Å². The summed E-state index contributed by atoms with van der Waals surface area (Å²) in [7, 11) is 0. The molecular weight excluding hydrogens is 314 g/mol. The highest BCUT2D eigenvalue weighted by molar-refractivity contribution is 9.10. The number of halogens is 1. The Bertz CT molecular complexity index is 687. The summed E-state index contributed by atoms with van der Waals surface area (Å²) in [6.07, 6.45) is 0. The molecule has 102 valence electrons. The van der Waals surface area contributed by atoms with E-state index in [2.05, 4.69) is 50.3 Å². The number of aromatic amines is 1. The van der Waals surface area contributed by atoms with Gasteiger partial charge in [0.1, 0.15) is 5.82 Å². The molecule has 0 radical (unpaired) electrons. The summed E-state index contributed by atoms with van der Waals surface area (Å²) in [5.74, 6) is 0.971. The van der Waals surface area contributed by atoms with Gasteiger partial charge in [0.15, 0.2) is 0 Å². The molecule has 3 nitrogen and oxygen atoms in total. The van der Waals surface area contributed by atoms with Crippen LogP contribution in [0, 0.1) is 0 Å². The first-order valence-electron chi connectivity index (χ1n) is 6.65. The van der Waals surface area contributed by atoms with E-state index in [1.165, 1.54) is 5.56 Å². The molecule has 4 heteroatoms. The number of benzene rings is 2. The molecule has 2 aromatic carbocycles. The quantitative estimate of drug-likeness (QED) is 0.753. The van der Waals surface area contributed by atoms with E-state index < -0.39 is 0 Å². The molecular formula is C16H16BrN3. The van der Waals surface area contributed by atoms with Gasteiger partial charge in [-0.05, 0) is 30.7 Å². The predicted molar refractivity (Wildman–Crippen MR) is 85.5 cm³/mol. The minimum absolute atomic E-state index is 0.175. The standard InChI is InChI=1S/C16H16BrN3/c1-11(18-10-12-6-2-3-7-13(12)17)16-19-14-8-4-5-9-15(14)20-16/h2-9,11,18H,10H2,1H3,(H,19,20). The second-order valence-electron chi connectivity index (χ2n) is 4.83. The van der Waals surface area contributed by atoms with E-state index in [0.717, 1.165) is 27.9 Å². The first-order valence-corrected chi connectivity index (χ1v) is 7.45. The fraction of sp³-hybridized carbons (Fsp3) is 0.188. The number of para-hydroxylation sites is 2. The van der Waals surface area contributed by atoms with E-state index in [1.54, 1.807) is 0 Å². The Morgan fingerprint density at radius 3 is 2.70 bits per heavy atom. The molecule has 0 aliphatic heterocycles. The Morgan fingerprint density at radius 2 is 1.90 bits per heavy atom. The van der Waals surface area contributed by atoms with Crippen molar-refractivity contribution >= 4 is 27.0 Å². The number of fused-ring (bicyclic) bond motifs is 1. The van der Waals surface area contributed by atoms with Gasteiger partial charge in [-0.1, -0.05) is 46.3 Å². The van der Waals surface area contributed by atoms with E-state index in [4.69, 9.17) is 0 Å². The van der Waals surface area contributed by atoms with Gasteiger partial charge in [-0.25, -0.2) is 4.98 Å². The van der Waals surface area contributed by atoms with Crippen LogP contribution in [0.5, 0.6) is 0 Å². The Kier molecular flexibility index (Phi) is 3.85. The summed E-state index contributed by atoms with van der Waals surface area (Å²) in [4.78, 5) is 7.98. The van der Waals surface area contributed by atoms with Crippen LogP contribution in [-0.4, -0.2) is 9.97 Å². The van der Waals surface area contributed by atoms with Crippen molar-refractivity contribution in [2.24, 2.45) is 0 Å². The first kappa shape index (κ1) is 13.3. The van der Waals surface area contributed by atoms with Crippen LogP contribution in [0.25, 0.3) is 11.0 Å². The second kappa shape index (κ2) is 5.77. The molecule has 0 amide bonds. The maximum absolute atomic E-state index is 4.62. The van der Waals surface area contributed by atoms with E-state index in [-0.39, 0.29) is 6.04 Å².